The summed E-state index contributed by atoms with van der Waals surface area (Å²) in [6.07, 6.45) is 9.31. The Balaban J connectivity index is 1.14. The predicted molar refractivity (Wildman–Crippen MR) is 144 cm³/mol. The molecule has 2 aromatic carbocycles. The molecular formula is C33H38F5NO. The third-order valence-electron chi connectivity index (χ3n) is 10.1. The van der Waals surface area contributed by atoms with Gasteiger partial charge < -0.3 is 4.74 Å². The van der Waals surface area contributed by atoms with Crippen LogP contribution in [-0.2, 0) is 0 Å². The van der Waals surface area contributed by atoms with Crippen LogP contribution in [0.5, 0.6) is 5.75 Å². The molecule has 0 amide bonds. The lowest BCUT2D eigenvalue weighted by Gasteiger charge is -2.41. The smallest absolute Gasteiger partial charge is 0.400 e. The standard InChI is InChI=1S/C33H38F5NO/c1-20-2-4-21(5-3-20)22-6-8-23(9-7-22)24-10-12-26(13-11-24)33(37,38)40-27-14-15-28(32(36)18-27)25-16-30(34)29(19-39)31(35)17-25/h14-18,20-24,26H,2-13H2,1H3. The Kier molecular flexibility index (Phi) is 8.73. The molecule has 5 rings (SSSR count). The van der Waals surface area contributed by atoms with Crippen molar-refractivity contribution in [3.05, 3.63) is 53.3 Å². The van der Waals surface area contributed by atoms with E-state index in [2.05, 4.69) is 6.92 Å². The molecule has 3 fully saturated rings. The molecule has 216 valence electrons. The van der Waals surface area contributed by atoms with E-state index in [4.69, 9.17) is 10.00 Å². The summed E-state index contributed by atoms with van der Waals surface area (Å²) in [5.74, 6) is -0.733. The van der Waals surface area contributed by atoms with Gasteiger partial charge in [-0.05, 0) is 124 Å². The van der Waals surface area contributed by atoms with Gasteiger partial charge in [0.25, 0.3) is 0 Å². The Hall–Kier alpha value is -2.62. The first kappa shape index (κ1) is 28.9. The van der Waals surface area contributed by atoms with E-state index in [-0.39, 0.29) is 16.9 Å². The van der Waals surface area contributed by atoms with Crippen molar-refractivity contribution in [2.24, 2.45) is 35.5 Å². The van der Waals surface area contributed by atoms with E-state index < -0.39 is 35.0 Å². The number of ether oxygens (including phenoxy) is 1. The van der Waals surface area contributed by atoms with Crippen molar-refractivity contribution in [3.63, 3.8) is 0 Å². The SMILES string of the molecule is CC1CCC(C2CCC(C3CCC(C(F)(F)Oc4ccc(-c5cc(F)c(C#N)c(F)c5)c(F)c4)CC3)CC2)CC1. The molecule has 0 saturated heterocycles. The number of hydrogen-bond donors (Lipinski definition) is 0. The van der Waals surface area contributed by atoms with Crippen LogP contribution in [0, 0.1) is 64.3 Å². The second kappa shape index (κ2) is 12.1. The average Bonchev–Trinajstić information content (AvgIpc) is 2.93. The van der Waals surface area contributed by atoms with Gasteiger partial charge in [-0.15, -0.1) is 0 Å². The Morgan fingerprint density at radius 1 is 0.700 bits per heavy atom. The fourth-order valence-electron chi connectivity index (χ4n) is 7.64. The maximum Gasteiger partial charge on any atom is 0.400 e. The average molecular weight is 560 g/mol. The van der Waals surface area contributed by atoms with E-state index in [0.29, 0.717) is 24.7 Å². The van der Waals surface area contributed by atoms with Crippen LogP contribution in [-0.4, -0.2) is 6.11 Å². The van der Waals surface area contributed by atoms with Crippen LogP contribution in [0.3, 0.4) is 0 Å². The number of hydrogen-bond acceptors (Lipinski definition) is 2. The third kappa shape index (κ3) is 6.31. The van der Waals surface area contributed by atoms with Crippen LogP contribution in [0.15, 0.2) is 30.3 Å². The van der Waals surface area contributed by atoms with Gasteiger partial charge in [-0.1, -0.05) is 19.8 Å². The van der Waals surface area contributed by atoms with Crippen LogP contribution in [0.25, 0.3) is 11.1 Å². The molecule has 0 unspecified atom stereocenters. The third-order valence-corrected chi connectivity index (χ3v) is 10.1. The quantitative estimate of drug-likeness (QED) is 0.330. The van der Waals surface area contributed by atoms with Crippen molar-refractivity contribution < 1.29 is 26.7 Å². The molecule has 0 atom stereocenters. The number of rotatable bonds is 6. The number of nitriles is 1. The van der Waals surface area contributed by atoms with E-state index in [1.54, 1.807) is 0 Å². The number of halogens is 5. The molecular weight excluding hydrogens is 521 g/mol. The summed E-state index contributed by atoms with van der Waals surface area (Å²) >= 11 is 0. The van der Waals surface area contributed by atoms with Crippen molar-refractivity contribution >= 4 is 0 Å². The van der Waals surface area contributed by atoms with Crippen molar-refractivity contribution in [2.75, 3.05) is 0 Å². The summed E-state index contributed by atoms with van der Waals surface area (Å²) in [6, 6.07) is 6.25. The minimum absolute atomic E-state index is 0.134. The largest absolute Gasteiger partial charge is 0.432 e. The highest BCUT2D eigenvalue weighted by atomic mass is 19.3. The molecule has 0 radical (unpaired) electrons. The lowest BCUT2D eigenvalue weighted by atomic mass is 9.65. The molecule has 2 aromatic rings. The zero-order chi connectivity index (χ0) is 28.4. The molecule has 3 saturated carbocycles. The molecule has 3 aliphatic carbocycles. The Morgan fingerprint density at radius 3 is 1.65 bits per heavy atom. The van der Waals surface area contributed by atoms with Crippen molar-refractivity contribution in [1.82, 2.24) is 0 Å². The highest BCUT2D eigenvalue weighted by Crippen LogP contribution is 2.48. The summed E-state index contributed by atoms with van der Waals surface area (Å²) in [5.41, 5.74) is -1.07. The minimum atomic E-state index is -3.44. The predicted octanol–water partition coefficient (Wildman–Crippen LogP) is 10.1. The van der Waals surface area contributed by atoms with Crippen molar-refractivity contribution in [3.8, 4) is 22.9 Å². The first-order valence-corrected chi connectivity index (χ1v) is 14.9. The number of nitrogens with zero attached hydrogens (tertiary/aromatic N) is 1. The molecule has 0 aliphatic heterocycles. The maximum absolute atomic E-state index is 15.1. The maximum atomic E-state index is 15.1. The molecule has 3 aliphatic rings. The highest BCUT2D eigenvalue weighted by Gasteiger charge is 2.45. The lowest BCUT2D eigenvalue weighted by Crippen LogP contribution is -2.38. The first-order valence-electron chi connectivity index (χ1n) is 14.9. The van der Waals surface area contributed by atoms with E-state index in [0.717, 1.165) is 54.9 Å². The number of alkyl halides is 2. The van der Waals surface area contributed by atoms with Gasteiger partial charge in [-0.3, -0.25) is 0 Å². The Bertz CT molecular complexity index is 1190. The summed E-state index contributed by atoms with van der Waals surface area (Å²) in [6.45, 7) is 2.36. The fourth-order valence-corrected chi connectivity index (χ4v) is 7.64. The zero-order valence-electron chi connectivity index (χ0n) is 23.1. The molecule has 0 aromatic heterocycles. The van der Waals surface area contributed by atoms with Crippen LogP contribution < -0.4 is 4.74 Å². The van der Waals surface area contributed by atoms with E-state index >= 15 is 8.78 Å². The van der Waals surface area contributed by atoms with Gasteiger partial charge in [0.1, 0.15) is 34.8 Å². The Morgan fingerprint density at radius 2 is 1.18 bits per heavy atom. The molecule has 7 heteroatoms. The second-order valence-corrected chi connectivity index (χ2v) is 12.5. The summed E-state index contributed by atoms with van der Waals surface area (Å²) in [5, 5.41) is 8.82. The Labute approximate surface area is 233 Å². The van der Waals surface area contributed by atoms with Gasteiger partial charge >= 0.3 is 6.11 Å². The van der Waals surface area contributed by atoms with Gasteiger partial charge in [0.2, 0.25) is 0 Å². The molecule has 2 nitrogen and oxygen atoms in total. The molecule has 40 heavy (non-hydrogen) atoms. The topological polar surface area (TPSA) is 33.0 Å². The molecule has 0 spiro atoms. The van der Waals surface area contributed by atoms with E-state index in [9.17, 15) is 13.2 Å². The normalized spacial score (nSPS) is 29.5. The molecule has 0 bridgehead atoms. The van der Waals surface area contributed by atoms with Crippen molar-refractivity contribution in [1.29, 1.82) is 5.26 Å². The molecule has 0 N–H and O–H groups in total. The number of benzene rings is 2. The summed E-state index contributed by atoms with van der Waals surface area (Å²) in [4.78, 5) is 0. The van der Waals surface area contributed by atoms with Crippen LogP contribution >= 0.6 is 0 Å². The van der Waals surface area contributed by atoms with Gasteiger partial charge in [0.15, 0.2) is 0 Å². The van der Waals surface area contributed by atoms with Gasteiger partial charge in [-0.2, -0.15) is 14.0 Å². The highest BCUT2D eigenvalue weighted by molar-refractivity contribution is 5.66. The molecule has 0 heterocycles. The van der Waals surface area contributed by atoms with Crippen molar-refractivity contribution in [2.45, 2.75) is 90.1 Å². The van der Waals surface area contributed by atoms with E-state index in [1.165, 1.54) is 63.5 Å². The van der Waals surface area contributed by atoms with Gasteiger partial charge in [-0.25, -0.2) is 13.2 Å². The van der Waals surface area contributed by atoms with E-state index in [1.807, 2.05) is 0 Å². The summed E-state index contributed by atoms with van der Waals surface area (Å²) < 4.78 is 78.0. The van der Waals surface area contributed by atoms with Gasteiger partial charge in [0, 0.05) is 11.6 Å². The second-order valence-electron chi connectivity index (χ2n) is 12.5. The lowest BCUT2D eigenvalue weighted by molar-refractivity contribution is -0.224. The fraction of sp³-hybridized carbons (Fsp3) is 0.606. The van der Waals surface area contributed by atoms with Crippen LogP contribution in [0.4, 0.5) is 22.0 Å². The monoisotopic (exact) mass is 559 g/mol. The summed E-state index contributed by atoms with van der Waals surface area (Å²) in [7, 11) is 0. The van der Waals surface area contributed by atoms with Gasteiger partial charge in [0.05, 0.1) is 5.92 Å². The van der Waals surface area contributed by atoms with Crippen LogP contribution in [0.2, 0.25) is 0 Å². The first-order chi connectivity index (χ1) is 19.1. The van der Waals surface area contributed by atoms with Crippen LogP contribution in [0.1, 0.15) is 89.5 Å². The zero-order valence-corrected chi connectivity index (χ0v) is 23.1. The minimum Gasteiger partial charge on any atom is -0.432 e.